The third kappa shape index (κ3) is 2.76. The van der Waals surface area contributed by atoms with E-state index in [4.69, 9.17) is 0 Å². The summed E-state index contributed by atoms with van der Waals surface area (Å²) in [4.78, 5) is 0. The lowest BCUT2D eigenvalue weighted by molar-refractivity contribution is -0.146. The van der Waals surface area contributed by atoms with Crippen LogP contribution in [0.25, 0.3) is 5.65 Å². The molecule has 0 saturated carbocycles. The first-order valence-corrected chi connectivity index (χ1v) is 6.47. The molecule has 0 bridgehead atoms. The van der Waals surface area contributed by atoms with Crippen LogP contribution >= 0.6 is 0 Å². The van der Waals surface area contributed by atoms with Gasteiger partial charge in [-0.25, -0.2) is 0 Å². The highest BCUT2D eigenvalue weighted by molar-refractivity contribution is 5.44. The van der Waals surface area contributed by atoms with Gasteiger partial charge in [0.05, 0.1) is 0 Å². The Labute approximate surface area is 117 Å². The van der Waals surface area contributed by atoms with Crippen LogP contribution in [-0.2, 0) is 6.18 Å². The minimum atomic E-state index is -4.58. The Balaban J connectivity index is 1.80. The van der Waals surface area contributed by atoms with Crippen molar-refractivity contribution >= 4 is 11.5 Å². The van der Waals surface area contributed by atoms with Gasteiger partial charge in [-0.2, -0.15) is 17.7 Å². The fourth-order valence-electron chi connectivity index (χ4n) is 2.19. The van der Waals surface area contributed by atoms with Crippen LogP contribution in [0.1, 0.15) is 12.7 Å². The van der Waals surface area contributed by atoms with E-state index in [1.807, 2.05) is 6.92 Å². The fourth-order valence-corrected chi connectivity index (χ4v) is 2.19. The molecule has 0 spiro atoms. The molecule has 0 radical (unpaired) electrons. The van der Waals surface area contributed by atoms with Gasteiger partial charge in [0, 0.05) is 25.0 Å². The summed E-state index contributed by atoms with van der Waals surface area (Å²) >= 11 is 0. The van der Waals surface area contributed by atoms with Crippen molar-refractivity contribution in [3.05, 3.63) is 18.0 Å². The van der Waals surface area contributed by atoms with Crippen molar-refractivity contribution in [2.75, 3.05) is 18.4 Å². The topological polar surface area (TPSA) is 79.2 Å². The summed E-state index contributed by atoms with van der Waals surface area (Å²) in [7, 11) is 0. The van der Waals surface area contributed by atoms with Gasteiger partial charge in [-0.1, -0.05) is 0 Å². The van der Waals surface area contributed by atoms with Crippen molar-refractivity contribution in [2.24, 2.45) is 5.92 Å². The molecule has 2 atom stereocenters. The third-order valence-electron chi connectivity index (χ3n) is 3.46. The van der Waals surface area contributed by atoms with Gasteiger partial charge in [-0.15, -0.1) is 15.3 Å². The molecule has 1 saturated heterocycles. The molecular formula is C11H14F3N7. The van der Waals surface area contributed by atoms with Gasteiger partial charge in [0.25, 0.3) is 5.82 Å². The normalized spacial score (nSPS) is 22.9. The van der Waals surface area contributed by atoms with Crippen LogP contribution in [0.4, 0.5) is 19.0 Å². The summed E-state index contributed by atoms with van der Waals surface area (Å²) in [5.41, 5.74) is 6.17. The molecular weight excluding hydrogens is 287 g/mol. The average molecular weight is 301 g/mol. The molecule has 0 aromatic carbocycles. The minimum absolute atomic E-state index is 0.0606. The first-order chi connectivity index (χ1) is 9.95. The first kappa shape index (κ1) is 14.0. The molecule has 2 unspecified atom stereocenters. The summed E-state index contributed by atoms with van der Waals surface area (Å²) < 4.78 is 39.0. The quantitative estimate of drug-likeness (QED) is 0.773. The maximum absolute atomic E-state index is 12.8. The monoisotopic (exact) mass is 301 g/mol. The smallest absolute Gasteiger partial charge is 0.368 e. The van der Waals surface area contributed by atoms with Crippen LogP contribution in [0, 0.1) is 5.92 Å². The van der Waals surface area contributed by atoms with Gasteiger partial charge in [0.15, 0.2) is 5.65 Å². The van der Waals surface area contributed by atoms with E-state index in [-0.39, 0.29) is 11.7 Å². The van der Waals surface area contributed by atoms with Crippen molar-refractivity contribution in [3.8, 4) is 0 Å². The highest BCUT2D eigenvalue weighted by atomic mass is 19.4. The van der Waals surface area contributed by atoms with E-state index < -0.39 is 12.0 Å². The van der Waals surface area contributed by atoms with Crippen molar-refractivity contribution < 1.29 is 13.2 Å². The van der Waals surface area contributed by atoms with Crippen molar-refractivity contribution in [2.45, 2.75) is 19.1 Å². The van der Waals surface area contributed by atoms with Crippen LogP contribution in [0.5, 0.6) is 0 Å². The van der Waals surface area contributed by atoms with E-state index in [0.717, 1.165) is 6.54 Å². The van der Waals surface area contributed by atoms with E-state index in [9.17, 15) is 13.2 Å². The number of hydrogen-bond acceptors (Lipinski definition) is 6. The Morgan fingerprint density at radius 1 is 1.38 bits per heavy atom. The maximum Gasteiger partial charge on any atom is 0.453 e. The highest BCUT2D eigenvalue weighted by Gasteiger charge is 2.37. The van der Waals surface area contributed by atoms with E-state index in [1.165, 1.54) is 6.07 Å². The lowest BCUT2D eigenvalue weighted by Crippen LogP contribution is -2.30. The highest BCUT2D eigenvalue weighted by Crippen LogP contribution is 2.27. The number of alkyl halides is 3. The lowest BCUT2D eigenvalue weighted by atomic mass is 10.0. The number of hydrogen-bond donors (Lipinski definition) is 3. The Kier molecular flexibility index (Phi) is 3.41. The van der Waals surface area contributed by atoms with Crippen molar-refractivity contribution in [1.29, 1.82) is 0 Å². The van der Waals surface area contributed by atoms with E-state index in [1.54, 1.807) is 6.07 Å². The van der Waals surface area contributed by atoms with Crippen molar-refractivity contribution in [1.82, 2.24) is 30.7 Å². The molecule has 0 amide bonds. The average Bonchev–Trinajstić information content (AvgIpc) is 3.01. The van der Waals surface area contributed by atoms with Gasteiger partial charge in [-0.3, -0.25) is 10.9 Å². The molecule has 114 valence electrons. The van der Waals surface area contributed by atoms with E-state index in [0.29, 0.717) is 22.8 Å². The van der Waals surface area contributed by atoms with Crippen LogP contribution in [0.2, 0.25) is 0 Å². The second-order valence-corrected chi connectivity index (χ2v) is 4.96. The van der Waals surface area contributed by atoms with Gasteiger partial charge in [0.2, 0.25) is 0 Å². The third-order valence-corrected chi connectivity index (χ3v) is 3.46. The number of nitrogens with zero attached hydrogens (tertiary/aromatic N) is 4. The summed E-state index contributed by atoms with van der Waals surface area (Å²) in [6.45, 7) is 3.42. The molecule has 10 heteroatoms. The Morgan fingerprint density at radius 2 is 2.19 bits per heavy atom. The molecule has 3 rings (SSSR count). The Bertz CT molecular complexity index is 638. The van der Waals surface area contributed by atoms with Gasteiger partial charge in [0.1, 0.15) is 5.82 Å². The molecule has 2 aromatic rings. The molecule has 0 aliphatic carbocycles. The van der Waals surface area contributed by atoms with Gasteiger partial charge in [-0.05, 0) is 19.1 Å². The summed E-state index contributed by atoms with van der Waals surface area (Å²) in [5, 5.41) is 13.5. The zero-order valence-corrected chi connectivity index (χ0v) is 11.1. The standard InChI is InChI=1S/C11H14F3N7/c1-6-7(5-16-17-6)4-15-8-2-3-9-18-19-10(11(12,13)14)21(9)20-8/h2-3,6-7,16-17H,4-5H2,1H3,(H,15,20). The molecule has 21 heavy (non-hydrogen) atoms. The molecule has 1 aliphatic heterocycles. The SMILES string of the molecule is CC1NNCC1CNc1ccc2nnc(C(F)(F)F)n2n1. The summed E-state index contributed by atoms with van der Waals surface area (Å²) in [6.07, 6.45) is -4.58. The van der Waals surface area contributed by atoms with E-state index in [2.05, 4.69) is 31.5 Å². The summed E-state index contributed by atoms with van der Waals surface area (Å²) in [6, 6.07) is 3.32. The molecule has 7 nitrogen and oxygen atoms in total. The molecule has 3 heterocycles. The minimum Gasteiger partial charge on any atom is -0.368 e. The Morgan fingerprint density at radius 3 is 2.86 bits per heavy atom. The lowest BCUT2D eigenvalue weighted by Gasteiger charge is -2.14. The number of hydrazine groups is 1. The molecule has 1 aliphatic rings. The fraction of sp³-hybridized carbons (Fsp3) is 0.545. The van der Waals surface area contributed by atoms with Crippen LogP contribution < -0.4 is 16.2 Å². The van der Waals surface area contributed by atoms with Gasteiger partial charge < -0.3 is 5.32 Å². The molecule has 3 N–H and O–H groups in total. The van der Waals surface area contributed by atoms with Crippen molar-refractivity contribution in [3.63, 3.8) is 0 Å². The zero-order chi connectivity index (χ0) is 15.0. The number of aromatic nitrogens is 4. The first-order valence-electron chi connectivity index (χ1n) is 6.47. The second kappa shape index (κ2) is 5.11. The Hall–Kier alpha value is -1.94. The van der Waals surface area contributed by atoms with Crippen LogP contribution in [-0.4, -0.2) is 38.9 Å². The zero-order valence-electron chi connectivity index (χ0n) is 11.1. The largest absolute Gasteiger partial charge is 0.453 e. The van der Waals surface area contributed by atoms with E-state index >= 15 is 0 Å². The van der Waals surface area contributed by atoms with Crippen LogP contribution in [0.3, 0.4) is 0 Å². The number of rotatable bonds is 3. The predicted octanol–water partition coefficient (Wildman–Crippen LogP) is 0.667. The maximum atomic E-state index is 12.8. The summed E-state index contributed by atoms with van der Waals surface area (Å²) in [5.74, 6) is -0.448. The number of halogens is 3. The number of fused-ring (bicyclic) bond motifs is 1. The second-order valence-electron chi connectivity index (χ2n) is 4.96. The molecule has 2 aromatic heterocycles. The predicted molar refractivity (Wildman–Crippen MR) is 68.4 cm³/mol. The molecule has 1 fully saturated rings. The number of nitrogens with one attached hydrogen (secondary N) is 3. The number of anilines is 1. The van der Waals surface area contributed by atoms with Crippen LogP contribution in [0.15, 0.2) is 12.1 Å². The van der Waals surface area contributed by atoms with Gasteiger partial charge >= 0.3 is 6.18 Å².